The van der Waals surface area contributed by atoms with Crippen molar-refractivity contribution >= 4 is 33.2 Å². The second-order valence-electron chi connectivity index (χ2n) is 4.59. The first kappa shape index (κ1) is 14.5. The van der Waals surface area contributed by atoms with Crippen molar-refractivity contribution in [3.8, 4) is 5.69 Å². The molecule has 3 aromatic rings. The summed E-state index contributed by atoms with van der Waals surface area (Å²) < 4.78 is 24.4. The number of fused-ring (bicyclic) bond motifs is 1. The van der Waals surface area contributed by atoms with Gasteiger partial charge < -0.3 is 4.98 Å². The van der Waals surface area contributed by atoms with Gasteiger partial charge in [-0.1, -0.05) is 0 Å². The number of rotatable bonds is 2. The Bertz CT molecular complexity index is 1080. The van der Waals surface area contributed by atoms with E-state index in [0.717, 1.165) is 6.26 Å². The van der Waals surface area contributed by atoms with Gasteiger partial charge in [0.25, 0.3) is 5.56 Å². The molecule has 0 amide bonds. The minimum absolute atomic E-state index is 0.156. The van der Waals surface area contributed by atoms with Crippen molar-refractivity contribution in [1.29, 1.82) is 0 Å². The Hall–Kier alpha value is -2.39. The minimum Gasteiger partial charge on any atom is -0.315 e. The van der Waals surface area contributed by atoms with E-state index < -0.39 is 15.4 Å². The van der Waals surface area contributed by atoms with Crippen LogP contribution in [0.15, 0.2) is 46.3 Å². The summed E-state index contributed by atoms with van der Waals surface area (Å²) in [5.41, 5.74) is 0.495. The quantitative estimate of drug-likeness (QED) is 0.708. The van der Waals surface area contributed by atoms with Crippen molar-refractivity contribution in [3.05, 3.63) is 51.8 Å². The third kappa shape index (κ3) is 2.44. The summed E-state index contributed by atoms with van der Waals surface area (Å²) in [6, 6.07) is 5.88. The topological polar surface area (TPSA) is 97.7 Å². The average Bonchev–Trinajstić information content (AvgIpc) is 2.47. The zero-order valence-corrected chi connectivity index (χ0v) is 13.0. The first-order chi connectivity index (χ1) is 10.4. The molecule has 1 N–H and O–H groups in total. The number of aromatic amines is 1. The van der Waals surface area contributed by atoms with E-state index in [4.69, 9.17) is 12.2 Å². The molecule has 0 fully saturated rings. The van der Waals surface area contributed by atoms with E-state index in [1.165, 1.54) is 41.2 Å². The monoisotopic (exact) mass is 334 g/mol. The normalized spacial score (nSPS) is 11.7. The number of hydrogen-bond acceptors (Lipinski definition) is 6. The lowest BCUT2D eigenvalue weighted by molar-refractivity contribution is 0.602. The fraction of sp³-hybridized carbons (Fsp3) is 0.0769. The van der Waals surface area contributed by atoms with Crippen LogP contribution in [0.5, 0.6) is 0 Å². The van der Waals surface area contributed by atoms with E-state index in [0.29, 0.717) is 11.3 Å². The zero-order valence-electron chi connectivity index (χ0n) is 11.3. The Labute approximate surface area is 130 Å². The first-order valence-electron chi connectivity index (χ1n) is 6.14. The second-order valence-corrected chi connectivity index (χ2v) is 6.99. The molecule has 2 heterocycles. The van der Waals surface area contributed by atoms with E-state index in [-0.39, 0.29) is 15.2 Å². The van der Waals surface area contributed by atoms with Gasteiger partial charge in [0.2, 0.25) is 0 Å². The SMILES string of the molecule is CS(=O)(=O)c1ccc(-n2c(=S)[nH]c3nccnc3c2=O)cc1. The Morgan fingerprint density at radius 1 is 1.14 bits per heavy atom. The highest BCUT2D eigenvalue weighted by Gasteiger charge is 2.11. The van der Waals surface area contributed by atoms with Gasteiger partial charge in [-0.05, 0) is 36.5 Å². The summed E-state index contributed by atoms with van der Waals surface area (Å²) in [5, 5.41) is 0. The molecule has 0 radical (unpaired) electrons. The highest BCUT2D eigenvalue weighted by atomic mass is 32.2. The molecule has 2 aromatic heterocycles. The Morgan fingerprint density at radius 3 is 2.41 bits per heavy atom. The molecule has 1 aromatic carbocycles. The number of H-pyrrole nitrogens is 1. The maximum absolute atomic E-state index is 12.5. The van der Waals surface area contributed by atoms with Crippen LogP contribution in [0.3, 0.4) is 0 Å². The third-order valence-electron chi connectivity index (χ3n) is 3.06. The molecule has 112 valence electrons. The van der Waals surface area contributed by atoms with Gasteiger partial charge >= 0.3 is 0 Å². The van der Waals surface area contributed by atoms with Crippen molar-refractivity contribution in [1.82, 2.24) is 19.5 Å². The van der Waals surface area contributed by atoms with Crippen LogP contribution in [0.4, 0.5) is 0 Å². The van der Waals surface area contributed by atoms with E-state index in [1.54, 1.807) is 0 Å². The van der Waals surface area contributed by atoms with Crippen LogP contribution in [0, 0.1) is 4.77 Å². The Balaban J connectivity index is 2.27. The summed E-state index contributed by atoms with van der Waals surface area (Å²) in [6.45, 7) is 0. The lowest BCUT2D eigenvalue weighted by Crippen LogP contribution is -2.21. The predicted octanol–water partition coefficient (Wildman–Crippen LogP) is 1.24. The van der Waals surface area contributed by atoms with Crippen molar-refractivity contribution < 1.29 is 8.42 Å². The molecule has 0 bridgehead atoms. The zero-order chi connectivity index (χ0) is 15.9. The molecule has 0 aliphatic heterocycles. The maximum Gasteiger partial charge on any atom is 0.287 e. The molecule has 3 rings (SSSR count). The number of benzene rings is 1. The molecule has 0 aliphatic rings. The fourth-order valence-corrected chi connectivity index (χ4v) is 2.93. The highest BCUT2D eigenvalue weighted by Crippen LogP contribution is 2.13. The van der Waals surface area contributed by atoms with Gasteiger partial charge in [0.05, 0.1) is 10.6 Å². The van der Waals surface area contributed by atoms with E-state index >= 15 is 0 Å². The van der Waals surface area contributed by atoms with E-state index in [1.807, 2.05) is 0 Å². The number of sulfone groups is 1. The molecule has 0 atom stereocenters. The first-order valence-corrected chi connectivity index (χ1v) is 8.44. The number of nitrogens with zero attached hydrogens (tertiary/aromatic N) is 3. The Kier molecular flexibility index (Phi) is 3.38. The van der Waals surface area contributed by atoms with Crippen LogP contribution in [0.25, 0.3) is 16.9 Å². The van der Waals surface area contributed by atoms with Crippen LogP contribution in [0.1, 0.15) is 0 Å². The van der Waals surface area contributed by atoms with Crippen LogP contribution >= 0.6 is 12.2 Å². The number of nitrogens with one attached hydrogen (secondary N) is 1. The molecule has 0 saturated carbocycles. The van der Waals surface area contributed by atoms with Gasteiger partial charge in [-0.15, -0.1) is 0 Å². The van der Waals surface area contributed by atoms with Crippen LogP contribution in [0.2, 0.25) is 0 Å². The number of hydrogen-bond donors (Lipinski definition) is 1. The van der Waals surface area contributed by atoms with Gasteiger partial charge in [-0.3, -0.25) is 9.36 Å². The predicted molar refractivity (Wildman–Crippen MR) is 83.4 cm³/mol. The molecule has 7 nitrogen and oxygen atoms in total. The third-order valence-corrected chi connectivity index (χ3v) is 4.47. The van der Waals surface area contributed by atoms with Gasteiger partial charge in [-0.25, -0.2) is 18.4 Å². The van der Waals surface area contributed by atoms with Crippen molar-refractivity contribution in [2.45, 2.75) is 4.90 Å². The summed E-state index contributed by atoms with van der Waals surface area (Å²) in [4.78, 5) is 23.5. The van der Waals surface area contributed by atoms with Crippen LogP contribution in [-0.2, 0) is 9.84 Å². The largest absolute Gasteiger partial charge is 0.315 e. The molecule has 0 saturated heterocycles. The molecule has 0 aliphatic carbocycles. The van der Waals surface area contributed by atoms with Crippen molar-refractivity contribution in [2.24, 2.45) is 0 Å². The van der Waals surface area contributed by atoms with Gasteiger partial charge in [0.1, 0.15) is 0 Å². The summed E-state index contributed by atoms with van der Waals surface area (Å²) in [6.07, 6.45) is 3.99. The summed E-state index contributed by atoms with van der Waals surface area (Å²) in [7, 11) is -3.30. The summed E-state index contributed by atoms with van der Waals surface area (Å²) in [5.74, 6) is 0. The van der Waals surface area contributed by atoms with Crippen LogP contribution < -0.4 is 5.56 Å². The van der Waals surface area contributed by atoms with Crippen LogP contribution in [-0.4, -0.2) is 34.2 Å². The number of aromatic nitrogens is 4. The standard InChI is InChI=1S/C13H10N4O3S2/c1-22(19,20)9-4-2-8(3-5-9)17-12(18)10-11(16-13(17)21)15-7-6-14-10/h2-7H,1H3,(H,15,16,21). The molecule has 0 unspecified atom stereocenters. The van der Waals surface area contributed by atoms with Gasteiger partial charge in [0.15, 0.2) is 25.8 Å². The molecule has 0 spiro atoms. The lowest BCUT2D eigenvalue weighted by Gasteiger charge is -2.07. The second kappa shape index (κ2) is 5.11. The molecule has 9 heteroatoms. The maximum atomic E-state index is 12.5. The Morgan fingerprint density at radius 2 is 1.77 bits per heavy atom. The molecule has 22 heavy (non-hydrogen) atoms. The summed E-state index contributed by atoms with van der Waals surface area (Å²) >= 11 is 5.18. The highest BCUT2D eigenvalue weighted by molar-refractivity contribution is 7.90. The molecular weight excluding hydrogens is 324 g/mol. The fourth-order valence-electron chi connectivity index (χ4n) is 2.02. The average molecular weight is 334 g/mol. The van der Waals surface area contributed by atoms with Crippen molar-refractivity contribution in [3.63, 3.8) is 0 Å². The lowest BCUT2D eigenvalue weighted by atomic mass is 10.3. The minimum atomic E-state index is -3.30. The van der Waals surface area contributed by atoms with Crippen molar-refractivity contribution in [2.75, 3.05) is 6.26 Å². The van der Waals surface area contributed by atoms with E-state index in [2.05, 4.69) is 15.0 Å². The van der Waals surface area contributed by atoms with Gasteiger partial charge in [0, 0.05) is 18.6 Å². The van der Waals surface area contributed by atoms with E-state index in [9.17, 15) is 13.2 Å². The molecular formula is C13H10N4O3S2. The van der Waals surface area contributed by atoms with Gasteiger partial charge in [-0.2, -0.15) is 0 Å². The smallest absolute Gasteiger partial charge is 0.287 e.